The molecule has 2 aromatic carbocycles. The summed E-state index contributed by atoms with van der Waals surface area (Å²) in [4.78, 5) is 25.3. The molecule has 0 saturated carbocycles. The molecule has 9 heteroatoms. The van der Waals surface area contributed by atoms with Gasteiger partial charge in [0.05, 0.1) is 53.7 Å². The number of ether oxygens (including phenoxy) is 2. The van der Waals surface area contributed by atoms with E-state index < -0.39 is 5.91 Å². The molecule has 0 saturated heterocycles. The van der Waals surface area contributed by atoms with E-state index in [1.807, 2.05) is 43.3 Å². The van der Waals surface area contributed by atoms with Crippen molar-refractivity contribution in [2.75, 3.05) is 13.7 Å². The summed E-state index contributed by atoms with van der Waals surface area (Å²) in [6, 6.07) is 11.1. The highest BCUT2D eigenvalue weighted by Crippen LogP contribution is 2.26. The normalized spacial score (nSPS) is 11.0. The number of hydrogen-bond donors (Lipinski definition) is 1. The van der Waals surface area contributed by atoms with E-state index in [4.69, 9.17) is 9.47 Å². The molecule has 1 amide bonds. The quantitative estimate of drug-likeness (QED) is 0.350. The lowest BCUT2D eigenvalue weighted by molar-refractivity contribution is 0.0950. The standard InChI is InChI=1S/C22H19N5O3S/c1-3-30-16-6-4-14(5-7-16)19-11-23-12-20(26-19)22(28)27-25-10-15-8-17(29-2)9-18-21(15)31-13-24-18/h4-13H,3H2,1-2H3,(H,27,28). The molecule has 0 spiro atoms. The number of hydrogen-bond acceptors (Lipinski definition) is 8. The van der Waals surface area contributed by atoms with Gasteiger partial charge in [0, 0.05) is 17.2 Å². The molecule has 0 radical (unpaired) electrons. The average molecular weight is 433 g/mol. The van der Waals surface area contributed by atoms with Crippen LogP contribution in [0.5, 0.6) is 11.5 Å². The van der Waals surface area contributed by atoms with Gasteiger partial charge < -0.3 is 9.47 Å². The van der Waals surface area contributed by atoms with Gasteiger partial charge >= 0.3 is 0 Å². The minimum absolute atomic E-state index is 0.164. The molecular formula is C22H19N5O3S. The Hall–Kier alpha value is -3.85. The molecule has 0 aliphatic heterocycles. The van der Waals surface area contributed by atoms with Gasteiger partial charge in [0.2, 0.25) is 0 Å². The summed E-state index contributed by atoms with van der Waals surface area (Å²) < 4.78 is 11.7. The van der Waals surface area contributed by atoms with E-state index >= 15 is 0 Å². The van der Waals surface area contributed by atoms with Gasteiger partial charge in [0.25, 0.3) is 5.91 Å². The summed E-state index contributed by atoms with van der Waals surface area (Å²) in [5, 5.41) is 4.07. The molecule has 4 aromatic rings. The highest BCUT2D eigenvalue weighted by atomic mass is 32.1. The van der Waals surface area contributed by atoms with Crippen LogP contribution in [0.1, 0.15) is 23.0 Å². The van der Waals surface area contributed by atoms with Crippen LogP contribution in [-0.2, 0) is 0 Å². The number of amides is 1. The van der Waals surface area contributed by atoms with Crippen molar-refractivity contribution < 1.29 is 14.3 Å². The molecule has 0 fully saturated rings. The molecule has 156 valence electrons. The molecule has 8 nitrogen and oxygen atoms in total. The monoisotopic (exact) mass is 433 g/mol. The molecule has 31 heavy (non-hydrogen) atoms. The van der Waals surface area contributed by atoms with E-state index in [1.54, 1.807) is 25.0 Å². The Labute approximate surface area is 182 Å². The zero-order valence-electron chi connectivity index (χ0n) is 16.9. The predicted octanol–water partition coefficient (Wildman–Crippen LogP) is 3.92. The summed E-state index contributed by atoms with van der Waals surface area (Å²) in [5.41, 5.74) is 7.44. The minimum atomic E-state index is -0.458. The van der Waals surface area contributed by atoms with E-state index in [0.717, 1.165) is 27.1 Å². The number of benzene rings is 2. The Bertz CT molecular complexity index is 1240. The summed E-state index contributed by atoms with van der Waals surface area (Å²) in [6.07, 6.45) is 4.56. The average Bonchev–Trinajstić information content (AvgIpc) is 3.28. The molecular weight excluding hydrogens is 414 g/mol. The van der Waals surface area contributed by atoms with Crippen LogP contribution >= 0.6 is 11.3 Å². The number of aromatic nitrogens is 3. The second-order valence-electron chi connectivity index (χ2n) is 6.36. The van der Waals surface area contributed by atoms with Crippen molar-refractivity contribution in [3.05, 3.63) is 65.6 Å². The fourth-order valence-electron chi connectivity index (χ4n) is 2.90. The van der Waals surface area contributed by atoms with E-state index in [0.29, 0.717) is 18.1 Å². The van der Waals surface area contributed by atoms with Gasteiger partial charge in [0.1, 0.15) is 17.2 Å². The molecule has 2 heterocycles. The van der Waals surface area contributed by atoms with Gasteiger partial charge in [0.15, 0.2) is 0 Å². The highest BCUT2D eigenvalue weighted by Gasteiger charge is 2.10. The number of carbonyl (C=O) groups is 1. The topological polar surface area (TPSA) is 98.6 Å². The number of fused-ring (bicyclic) bond motifs is 1. The van der Waals surface area contributed by atoms with Gasteiger partial charge in [-0.25, -0.2) is 15.4 Å². The second kappa shape index (κ2) is 9.31. The Kier molecular flexibility index (Phi) is 6.13. The number of rotatable bonds is 7. The summed E-state index contributed by atoms with van der Waals surface area (Å²) in [5.74, 6) is 0.982. The van der Waals surface area contributed by atoms with Crippen LogP contribution in [0.15, 0.2) is 59.4 Å². The Balaban J connectivity index is 1.49. The number of methoxy groups -OCH3 is 1. The summed E-state index contributed by atoms with van der Waals surface area (Å²) in [7, 11) is 1.59. The third kappa shape index (κ3) is 4.67. The first-order valence-electron chi connectivity index (χ1n) is 9.48. The summed E-state index contributed by atoms with van der Waals surface area (Å²) >= 11 is 1.49. The second-order valence-corrected chi connectivity index (χ2v) is 7.22. The van der Waals surface area contributed by atoms with Gasteiger partial charge in [-0.05, 0) is 37.3 Å². The molecule has 0 bridgehead atoms. The van der Waals surface area contributed by atoms with Crippen LogP contribution in [-0.4, -0.2) is 40.8 Å². The van der Waals surface area contributed by atoms with Crippen LogP contribution in [0.4, 0.5) is 0 Å². The maximum absolute atomic E-state index is 12.5. The van der Waals surface area contributed by atoms with Crippen LogP contribution in [0.3, 0.4) is 0 Å². The number of nitrogens with one attached hydrogen (secondary N) is 1. The van der Waals surface area contributed by atoms with Crippen molar-refractivity contribution in [2.24, 2.45) is 5.10 Å². The number of thiazole rings is 1. The zero-order chi connectivity index (χ0) is 21.6. The fraction of sp³-hybridized carbons (Fsp3) is 0.136. The maximum atomic E-state index is 12.5. The van der Waals surface area contributed by atoms with Crippen molar-refractivity contribution in [1.82, 2.24) is 20.4 Å². The smallest absolute Gasteiger partial charge is 0.291 e. The van der Waals surface area contributed by atoms with E-state index in [1.165, 1.54) is 17.5 Å². The predicted molar refractivity (Wildman–Crippen MR) is 120 cm³/mol. The van der Waals surface area contributed by atoms with Crippen molar-refractivity contribution in [3.8, 4) is 22.8 Å². The third-order valence-corrected chi connectivity index (χ3v) is 5.26. The van der Waals surface area contributed by atoms with E-state index in [2.05, 4.69) is 25.5 Å². The zero-order valence-corrected chi connectivity index (χ0v) is 17.7. The minimum Gasteiger partial charge on any atom is -0.497 e. The molecule has 2 aromatic heterocycles. The molecule has 0 aliphatic carbocycles. The van der Waals surface area contributed by atoms with Crippen LogP contribution in [0, 0.1) is 0 Å². The number of nitrogens with zero attached hydrogens (tertiary/aromatic N) is 4. The molecule has 0 aliphatic rings. The summed E-state index contributed by atoms with van der Waals surface area (Å²) in [6.45, 7) is 2.53. The first kappa shape index (κ1) is 20.4. The lowest BCUT2D eigenvalue weighted by atomic mass is 10.1. The number of hydrazone groups is 1. The van der Waals surface area contributed by atoms with Crippen LogP contribution < -0.4 is 14.9 Å². The SMILES string of the molecule is CCOc1ccc(-c2cncc(C(=O)NN=Cc3cc(OC)cc4ncsc34)n2)cc1. The van der Waals surface area contributed by atoms with Crippen molar-refractivity contribution in [2.45, 2.75) is 6.92 Å². The van der Waals surface area contributed by atoms with Gasteiger partial charge in [-0.1, -0.05) is 0 Å². The van der Waals surface area contributed by atoms with E-state index in [-0.39, 0.29) is 5.69 Å². The van der Waals surface area contributed by atoms with Crippen molar-refractivity contribution >= 4 is 33.7 Å². The lowest BCUT2D eigenvalue weighted by Gasteiger charge is -2.06. The molecule has 4 rings (SSSR count). The van der Waals surface area contributed by atoms with Crippen LogP contribution in [0.25, 0.3) is 21.5 Å². The number of carbonyl (C=O) groups excluding carboxylic acids is 1. The maximum Gasteiger partial charge on any atom is 0.291 e. The largest absolute Gasteiger partial charge is 0.497 e. The molecule has 1 N–H and O–H groups in total. The Morgan fingerprint density at radius 2 is 2.03 bits per heavy atom. The van der Waals surface area contributed by atoms with Gasteiger partial charge in [-0.3, -0.25) is 9.78 Å². The van der Waals surface area contributed by atoms with Crippen molar-refractivity contribution in [1.29, 1.82) is 0 Å². The Morgan fingerprint density at radius 3 is 2.81 bits per heavy atom. The highest BCUT2D eigenvalue weighted by molar-refractivity contribution is 7.17. The van der Waals surface area contributed by atoms with E-state index in [9.17, 15) is 4.79 Å². The molecule has 0 unspecified atom stereocenters. The first-order chi connectivity index (χ1) is 15.2. The Morgan fingerprint density at radius 1 is 1.19 bits per heavy atom. The van der Waals surface area contributed by atoms with Crippen molar-refractivity contribution in [3.63, 3.8) is 0 Å². The molecule has 0 atom stereocenters. The first-order valence-corrected chi connectivity index (χ1v) is 10.4. The lowest BCUT2D eigenvalue weighted by Crippen LogP contribution is -2.19. The van der Waals surface area contributed by atoms with Gasteiger partial charge in [-0.2, -0.15) is 5.10 Å². The fourth-order valence-corrected chi connectivity index (χ4v) is 3.66. The third-order valence-electron chi connectivity index (χ3n) is 4.37. The van der Waals surface area contributed by atoms with Crippen LogP contribution in [0.2, 0.25) is 0 Å². The van der Waals surface area contributed by atoms with Gasteiger partial charge in [-0.15, -0.1) is 11.3 Å².